The Labute approximate surface area is 370 Å². The zero-order valence-corrected chi connectivity index (χ0v) is 38.4. The number of hydrogen-bond acceptors (Lipinski definition) is 7. The Hall–Kier alpha value is -3.80. The second-order valence-corrected chi connectivity index (χ2v) is 16.6. The molecule has 0 radical (unpaired) electrons. The van der Waals surface area contributed by atoms with Gasteiger partial charge in [0, 0.05) is 32.4 Å². The molecule has 3 aromatic rings. The van der Waals surface area contributed by atoms with Gasteiger partial charge in [0.05, 0.1) is 20.8 Å². The van der Waals surface area contributed by atoms with Gasteiger partial charge in [0.25, 0.3) is 0 Å². The third kappa shape index (κ3) is 21.7. The summed E-state index contributed by atoms with van der Waals surface area (Å²) in [6, 6.07) is 26.9. The second kappa shape index (κ2) is 33.8. The Morgan fingerprint density at radius 2 is 1.00 bits per heavy atom. The van der Waals surface area contributed by atoms with E-state index >= 15 is 0 Å². The van der Waals surface area contributed by atoms with Crippen LogP contribution in [0.4, 0.5) is 0 Å². The maximum Gasteiger partial charge on any atom is 0.238 e. The maximum atomic E-state index is 12.3. The number of unbranched alkanes of at least 4 members (excludes halogenated alkanes) is 17. The summed E-state index contributed by atoms with van der Waals surface area (Å²) in [5, 5.41) is 3.01. The van der Waals surface area contributed by atoms with Gasteiger partial charge in [0.15, 0.2) is 9.03 Å². The van der Waals surface area contributed by atoms with Crippen molar-refractivity contribution in [1.29, 1.82) is 0 Å². The van der Waals surface area contributed by atoms with Crippen LogP contribution in [0, 0.1) is 6.57 Å². The van der Waals surface area contributed by atoms with Crippen LogP contribution in [0.25, 0.3) is 4.85 Å². The molecule has 1 N–H and O–H groups in total. The number of Topliss-reactive ketones (excluding diaryl/α,β-unsaturated/α-hetero) is 1. The molecule has 10 heteroatoms. The molecule has 0 aliphatic carbocycles. The minimum absolute atomic E-state index is 0.00267. The van der Waals surface area contributed by atoms with Crippen LogP contribution in [0.2, 0.25) is 0 Å². The molecule has 0 saturated carbocycles. The highest BCUT2D eigenvalue weighted by atomic mass is 31.1. The zero-order chi connectivity index (χ0) is 43.5. The molecule has 0 aliphatic rings. The third-order valence-electron chi connectivity index (χ3n) is 11.1. The molecule has 9 nitrogen and oxygen atoms in total. The van der Waals surface area contributed by atoms with Crippen LogP contribution in [-0.4, -0.2) is 58.8 Å². The number of carbonyl (C=O) groups is 2. The number of ether oxygens (including phenoxy) is 3. The van der Waals surface area contributed by atoms with Gasteiger partial charge in [-0.05, 0) is 66.6 Å². The summed E-state index contributed by atoms with van der Waals surface area (Å²) >= 11 is 0. The summed E-state index contributed by atoms with van der Waals surface area (Å²) in [6.07, 6.45) is 23.2. The van der Waals surface area contributed by atoms with E-state index in [1.807, 2.05) is 30.3 Å². The normalized spacial score (nSPS) is 11.5. The predicted molar refractivity (Wildman–Crippen MR) is 250 cm³/mol. The molecule has 0 bridgehead atoms. The van der Waals surface area contributed by atoms with Crippen LogP contribution in [-0.2, 0) is 29.0 Å². The highest BCUT2D eigenvalue weighted by Gasteiger charge is 2.37. The maximum absolute atomic E-state index is 12.3. The number of nitrogens with zero attached hydrogens (tertiary/aromatic N) is 1. The first-order valence-electron chi connectivity index (χ1n) is 23.1. The molecule has 0 fully saturated rings. The quantitative estimate of drug-likeness (QED) is 0.0265. The molecule has 1 amide bonds. The van der Waals surface area contributed by atoms with Crippen molar-refractivity contribution >= 4 is 20.7 Å². The Bertz CT molecular complexity index is 1550. The van der Waals surface area contributed by atoms with Gasteiger partial charge in [-0.25, -0.2) is 6.57 Å². The van der Waals surface area contributed by atoms with Gasteiger partial charge in [-0.1, -0.05) is 151 Å². The predicted octanol–water partition coefficient (Wildman–Crippen LogP) is 12.7. The van der Waals surface area contributed by atoms with Crippen LogP contribution in [0.3, 0.4) is 0 Å². The van der Waals surface area contributed by atoms with Crippen LogP contribution in [0.5, 0.6) is 11.5 Å². The van der Waals surface area contributed by atoms with Gasteiger partial charge >= 0.3 is 0 Å². The largest absolute Gasteiger partial charge is 0.497 e. The van der Waals surface area contributed by atoms with E-state index < -0.39 is 5.60 Å². The number of carbonyl (C=O) groups excluding carboxylic acids is 2. The van der Waals surface area contributed by atoms with Crippen molar-refractivity contribution in [3.63, 3.8) is 0 Å². The second-order valence-electron chi connectivity index (χ2n) is 15.9. The van der Waals surface area contributed by atoms with Crippen molar-refractivity contribution in [2.24, 2.45) is 0 Å². The fourth-order valence-electron chi connectivity index (χ4n) is 7.59. The van der Waals surface area contributed by atoms with E-state index in [0.29, 0.717) is 45.6 Å². The first-order valence-corrected chi connectivity index (χ1v) is 23.9. The molecule has 3 aromatic carbocycles. The summed E-state index contributed by atoms with van der Waals surface area (Å²) in [7, 11) is 3.42. The van der Waals surface area contributed by atoms with Crippen molar-refractivity contribution in [1.82, 2.24) is 5.32 Å². The van der Waals surface area contributed by atoms with Crippen LogP contribution in [0.1, 0.15) is 158 Å². The Morgan fingerprint density at radius 1 is 0.541 bits per heavy atom. The minimum atomic E-state index is -0.765. The fourth-order valence-corrected chi connectivity index (χ4v) is 8.07. The van der Waals surface area contributed by atoms with Crippen LogP contribution >= 0.6 is 9.03 Å². The number of hydrogen-bond donors (Lipinski definition) is 1. The van der Waals surface area contributed by atoms with E-state index in [-0.39, 0.29) is 20.7 Å². The Kier molecular flexibility index (Phi) is 28.5. The van der Waals surface area contributed by atoms with Gasteiger partial charge in [0.2, 0.25) is 12.5 Å². The van der Waals surface area contributed by atoms with E-state index in [2.05, 4.69) is 58.7 Å². The van der Waals surface area contributed by atoms with Crippen molar-refractivity contribution in [2.45, 2.75) is 147 Å². The Morgan fingerprint density at radius 3 is 1.52 bits per heavy atom. The first-order chi connectivity index (χ1) is 30.0. The van der Waals surface area contributed by atoms with Crippen LogP contribution in [0.15, 0.2) is 78.9 Å². The minimum Gasteiger partial charge on any atom is -0.497 e. The SMILES string of the molecule is [C-]#[N+]CCOPOCCCCCCCCCCCC(=O)CCC(=O)NCCCCCCCCCCCCOC(c1ccccc1)(c1ccc(OC)cc1)c1ccc(OC)cc1. The monoisotopic (exact) mass is 859 g/mol. The molecule has 61 heavy (non-hydrogen) atoms. The first kappa shape index (κ1) is 51.5. The Balaban J connectivity index is 1.16. The topological polar surface area (TPSA) is 96.7 Å². The van der Waals surface area contributed by atoms with Crippen molar-refractivity contribution < 1.29 is 32.8 Å². The average Bonchev–Trinajstić information content (AvgIpc) is 3.30. The molecule has 0 saturated heterocycles. The lowest BCUT2D eigenvalue weighted by molar-refractivity contribution is -0.125. The van der Waals surface area contributed by atoms with E-state index in [9.17, 15) is 9.59 Å². The fraction of sp³-hybridized carbons (Fsp3) is 0.588. The summed E-state index contributed by atoms with van der Waals surface area (Å²) in [6.45, 7) is 9.63. The molecule has 1 unspecified atom stereocenters. The molecule has 0 aliphatic heterocycles. The van der Waals surface area contributed by atoms with Gasteiger partial charge in [-0.15, -0.1) is 0 Å². The number of ketones is 1. The van der Waals surface area contributed by atoms with Gasteiger partial charge in [0.1, 0.15) is 29.5 Å². The van der Waals surface area contributed by atoms with Crippen LogP contribution < -0.4 is 14.8 Å². The van der Waals surface area contributed by atoms with Crippen molar-refractivity contribution in [3.8, 4) is 11.5 Å². The van der Waals surface area contributed by atoms with Crippen molar-refractivity contribution in [2.75, 3.05) is 47.1 Å². The van der Waals surface area contributed by atoms with Gasteiger partial charge < -0.3 is 33.4 Å². The number of methoxy groups -OCH3 is 2. The standard InChI is InChI=1S/C51H75N2O7P/c1-52-40-43-60-61-59-42-25-18-14-10-6-7-11-15-22-28-47(54)33-38-50(55)53-39-23-16-12-8-4-5-9-13-17-24-41-58-51(44-26-20-19-21-27-44,45-29-34-48(56-2)35-30-45)46-31-36-49(57-3)37-32-46/h19-21,26-27,29-32,34-37,61H,4-18,22-25,28,33,38-43H2,2-3H3,(H,53,55). The highest BCUT2D eigenvalue weighted by molar-refractivity contribution is 7.26. The lowest BCUT2D eigenvalue weighted by atomic mass is 9.80. The highest BCUT2D eigenvalue weighted by Crippen LogP contribution is 2.42. The van der Waals surface area contributed by atoms with E-state index in [1.54, 1.807) is 14.2 Å². The lowest BCUT2D eigenvalue weighted by Crippen LogP contribution is -2.33. The van der Waals surface area contributed by atoms with Crippen molar-refractivity contribution in [3.05, 3.63) is 107 Å². The lowest BCUT2D eigenvalue weighted by Gasteiger charge is -2.36. The zero-order valence-electron chi connectivity index (χ0n) is 37.4. The van der Waals surface area contributed by atoms with E-state index in [1.165, 1.54) is 77.0 Å². The molecule has 3 rings (SSSR count). The van der Waals surface area contributed by atoms with Gasteiger partial charge in [-0.3, -0.25) is 9.59 Å². The average molecular weight is 859 g/mol. The number of benzene rings is 3. The number of amides is 1. The molecular formula is C51H75N2O7P. The molecule has 0 heterocycles. The number of nitrogens with one attached hydrogen (secondary N) is 1. The summed E-state index contributed by atoms with van der Waals surface area (Å²) < 4.78 is 28.6. The smallest absolute Gasteiger partial charge is 0.238 e. The molecule has 1 atom stereocenters. The third-order valence-corrected chi connectivity index (χ3v) is 11.8. The summed E-state index contributed by atoms with van der Waals surface area (Å²) in [4.78, 5) is 27.8. The van der Waals surface area contributed by atoms with E-state index in [0.717, 1.165) is 79.7 Å². The summed E-state index contributed by atoms with van der Waals surface area (Å²) in [5.74, 6) is 1.84. The molecular weight excluding hydrogens is 784 g/mol. The molecule has 0 spiro atoms. The molecule has 0 aromatic heterocycles. The van der Waals surface area contributed by atoms with Gasteiger partial charge in [-0.2, -0.15) is 0 Å². The summed E-state index contributed by atoms with van der Waals surface area (Å²) in [5.41, 5.74) is 2.44. The van der Waals surface area contributed by atoms with E-state index in [4.69, 9.17) is 29.8 Å². The molecule has 336 valence electrons. The number of rotatable bonds is 38.